The Morgan fingerprint density at radius 3 is 2.55 bits per heavy atom. The molecule has 0 saturated heterocycles. The first-order valence-electron chi connectivity index (χ1n) is 5.78. The van der Waals surface area contributed by atoms with Gasteiger partial charge in [-0.3, -0.25) is 9.59 Å². The lowest BCUT2D eigenvalue weighted by Gasteiger charge is -2.08. The zero-order valence-electron chi connectivity index (χ0n) is 10.6. The molecule has 6 nitrogen and oxygen atoms in total. The maximum Gasteiger partial charge on any atom is 0.221 e. The number of ketones is 1. The van der Waals surface area contributed by atoms with Crippen molar-refractivity contribution in [3.05, 3.63) is 47.8 Å². The van der Waals surface area contributed by atoms with E-state index in [1.54, 1.807) is 0 Å². The largest absolute Gasteiger partial charge is 0.507 e. The van der Waals surface area contributed by atoms with Gasteiger partial charge in [0.1, 0.15) is 11.5 Å². The number of rotatable bonds is 3. The van der Waals surface area contributed by atoms with Crippen molar-refractivity contribution in [2.75, 3.05) is 5.32 Å². The monoisotopic (exact) mass is 272 g/mol. The molecule has 0 atom stereocenters. The molecule has 0 fully saturated rings. The molecule has 2 rings (SSSR count). The van der Waals surface area contributed by atoms with Crippen molar-refractivity contribution in [1.29, 1.82) is 0 Å². The van der Waals surface area contributed by atoms with E-state index in [0.717, 1.165) is 0 Å². The Balaban J connectivity index is 2.44. The molecule has 0 aliphatic rings. The van der Waals surface area contributed by atoms with Crippen LogP contribution in [-0.2, 0) is 4.79 Å². The van der Waals surface area contributed by atoms with E-state index in [1.165, 1.54) is 43.5 Å². The maximum absolute atomic E-state index is 12.2. The van der Waals surface area contributed by atoms with Crippen LogP contribution in [0.4, 0.5) is 5.69 Å². The van der Waals surface area contributed by atoms with E-state index >= 15 is 0 Å². The van der Waals surface area contributed by atoms with Crippen molar-refractivity contribution in [1.82, 2.24) is 4.98 Å². The summed E-state index contributed by atoms with van der Waals surface area (Å²) in [5, 5.41) is 21.9. The molecule has 102 valence electrons. The topological polar surface area (TPSA) is 99.5 Å². The Labute approximate surface area is 114 Å². The summed E-state index contributed by atoms with van der Waals surface area (Å²) in [5.41, 5.74) is 0.155. The van der Waals surface area contributed by atoms with Crippen LogP contribution in [0.5, 0.6) is 11.5 Å². The van der Waals surface area contributed by atoms with Crippen LogP contribution < -0.4 is 5.32 Å². The number of aromatic nitrogens is 1. The van der Waals surface area contributed by atoms with Crippen molar-refractivity contribution >= 4 is 17.4 Å². The molecule has 0 radical (unpaired) electrons. The van der Waals surface area contributed by atoms with Crippen LogP contribution in [0.1, 0.15) is 23.0 Å². The quantitative estimate of drug-likeness (QED) is 0.583. The number of carbonyl (C=O) groups excluding carboxylic acids is 2. The minimum absolute atomic E-state index is 0.0507. The molecule has 0 unspecified atom stereocenters. The summed E-state index contributed by atoms with van der Waals surface area (Å²) in [6.07, 6.45) is 1.36. The Bertz CT molecular complexity index is 683. The third kappa shape index (κ3) is 2.74. The van der Waals surface area contributed by atoms with Gasteiger partial charge in [-0.15, -0.1) is 0 Å². The lowest BCUT2D eigenvalue weighted by molar-refractivity contribution is -0.114. The summed E-state index contributed by atoms with van der Waals surface area (Å²) >= 11 is 0. The highest BCUT2D eigenvalue weighted by molar-refractivity contribution is 6.11. The standard InChI is InChI=1S/C14H12N2O4/c1-8(17)16-9-4-5-11(18)10(7-9)14(20)13-12(19)3-2-6-15-13/h2-7,18-19H,1H3,(H,16,17). The molecule has 0 aliphatic carbocycles. The predicted octanol–water partition coefficient (Wildman–Crippen LogP) is 1.68. The number of hydrogen-bond donors (Lipinski definition) is 3. The Morgan fingerprint density at radius 2 is 1.90 bits per heavy atom. The number of aromatic hydroxyl groups is 2. The van der Waals surface area contributed by atoms with E-state index in [9.17, 15) is 19.8 Å². The lowest BCUT2D eigenvalue weighted by Crippen LogP contribution is -2.08. The minimum Gasteiger partial charge on any atom is -0.507 e. The average molecular weight is 272 g/mol. The van der Waals surface area contributed by atoms with E-state index in [4.69, 9.17) is 0 Å². The molecular formula is C14H12N2O4. The van der Waals surface area contributed by atoms with Gasteiger partial charge < -0.3 is 15.5 Å². The van der Waals surface area contributed by atoms with Crippen molar-refractivity contribution in [3.63, 3.8) is 0 Å². The van der Waals surface area contributed by atoms with Crippen LogP contribution in [0, 0.1) is 0 Å². The van der Waals surface area contributed by atoms with Crippen molar-refractivity contribution < 1.29 is 19.8 Å². The van der Waals surface area contributed by atoms with Crippen LogP contribution in [0.25, 0.3) is 0 Å². The molecule has 0 aliphatic heterocycles. The summed E-state index contributed by atoms with van der Waals surface area (Å²) in [7, 11) is 0. The lowest BCUT2D eigenvalue weighted by atomic mass is 10.0. The first-order valence-corrected chi connectivity index (χ1v) is 5.78. The van der Waals surface area contributed by atoms with E-state index < -0.39 is 5.78 Å². The summed E-state index contributed by atoms with van der Waals surface area (Å²) < 4.78 is 0. The van der Waals surface area contributed by atoms with E-state index in [1.807, 2.05) is 0 Å². The molecule has 1 aromatic carbocycles. The van der Waals surface area contributed by atoms with Gasteiger partial charge in [0, 0.05) is 18.8 Å². The normalized spacial score (nSPS) is 10.1. The molecule has 0 bridgehead atoms. The number of pyridine rings is 1. The van der Waals surface area contributed by atoms with E-state index in [0.29, 0.717) is 5.69 Å². The van der Waals surface area contributed by atoms with Gasteiger partial charge in [0.15, 0.2) is 5.69 Å². The number of nitrogens with one attached hydrogen (secondary N) is 1. The van der Waals surface area contributed by atoms with Gasteiger partial charge in [-0.05, 0) is 30.3 Å². The highest BCUT2D eigenvalue weighted by atomic mass is 16.3. The molecule has 1 aromatic heterocycles. The van der Waals surface area contributed by atoms with Crippen LogP contribution in [-0.4, -0.2) is 26.9 Å². The Kier molecular flexibility index (Phi) is 3.65. The van der Waals surface area contributed by atoms with Gasteiger partial charge in [0.25, 0.3) is 0 Å². The van der Waals surface area contributed by atoms with E-state index in [2.05, 4.69) is 10.3 Å². The number of phenolic OH excluding ortho intramolecular Hbond substituents is 1. The van der Waals surface area contributed by atoms with Crippen molar-refractivity contribution in [2.45, 2.75) is 6.92 Å². The number of phenols is 1. The summed E-state index contributed by atoms with van der Waals surface area (Å²) in [6, 6.07) is 6.89. The molecular weight excluding hydrogens is 260 g/mol. The molecule has 6 heteroatoms. The first kappa shape index (κ1) is 13.5. The predicted molar refractivity (Wildman–Crippen MR) is 71.7 cm³/mol. The SMILES string of the molecule is CC(=O)Nc1ccc(O)c(C(=O)c2ncccc2O)c1. The Morgan fingerprint density at radius 1 is 1.15 bits per heavy atom. The molecule has 2 aromatic rings. The molecule has 0 saturated carbocycles. The second-order valence-electron chi connectivity index (χ2n) is 4.11. The minimum atomic E-state index is -0.632. The highest BCUT2D eigenvalue weighted by Gasteiger charge is 2.18. The third-order valence-electron chi connectivity index (χ3n) is 2.56. The second-order valence-corrected chi connectivity index (χ2v) is 4.11. The zero-order chi connectivity index (χ0) is 14.7. The fourth-order valence-corrected chi connectivity index (χ4v) is 1.70. The van der Waals surface area contributed by atoms with Crippen LogP contribution in [0.15, 0.2) is 36.5 Å². The van der Waals surface area contributed by atoms with Gasteiger partial charge in [0.05, 0.1) is 5.56 Å². The van der Waals surface area contributed by atoms with Crippen molar-refractivity contribution in [2.24, 2.45) is 0 Å². The highest BCUT2D eigenvalue weighted by Crippen LogP contribution is 2.26. The smallest absolute Gasteiger partial charge is 0.221 e. The summed E-state index contributed by atoms with van der Waals surface area (Å²) in [4.78, 5) is 27.0. The van der Waals surface area contributed by atoms with Crippen LogP contribution in [0.3, 0.4) is 0 Å². The van der Waals surface area contributed by atoms with Crippen LogP contribution >= 0.6 is 0 Å². The number of benzene rings is 1. The van der Waals surface area contributed by atoms with Gasteiger partial charge in [0.2, 0.25) is 11.7 Å². The first-order chi connectivity index (χ1) is 9.49. The molecule has 3 N–H and O–H groups in total. The fourth-order valence-electron chi connectivity index (χ4n) is 1.70. The Hall–Kier alpha value is -2.89. The molecule has 1 heterocycles. The number of amides is 1. The third-order valence-corrected chi connectivity index (χ3v) is 2.56. The molecule has 0 spiro atoms. The van der Waals surface area contributed by atoms with Crippen molar-refractivity contribution in [3.8, 4) is 11.5 Å². The number of carbonyl (C=O) groups is 2. The fraction of sp³-hybridized carbons (Fsp3) is 0.0714. The van der Waals surface area contributed by atoms with E-state index in [-0.39, 0.29) is 28.7 Å². The molecule has 20 heavy (non-hydrogen) atoms. The van der Waals surface area contributed by atoms with Gasteiger partial charge >= 0.3 is 0 Å². The summed E-state index contributed by atoms with van der Waals surface area (Å²) in [5.74, 6) is -1.46. The van der Waals surface area contributed by atoms with Gasteiger partial charge in [-0.1, -0.05) is 0 Å². The van der Waals surface area contributed by atoms with Crippen LogP contribution in [0.2, 0.25) is 0 Å². The number of hydrogen-bond acceptors (Lipinski definition) is 5. The zero-order valence-corrected chi connectivity index (χ0v) is 10.6. The van der Waals surface area contributed by atoms with Gasteiger partial charge in [-0.25, -0.2) is 4.98 Å². The maximum atomic E-state index is 12.2. The second kappa shape index (κ2) is 5.40. The number of nitrogens with zero attached hydrogens (tertiary/aromatic N) is 1. The average Bonchev–Trinajstić information content (AvgIpc) is 2.40. The molecule has 1 amide bonds. The number of anilines is 1. The van der Waals surface area contributed by atoms with Gasteiger partial charge in [-0.2, -0.15) is 0 Å². The summed E-state index contributed by atoms with van der Waals surface area (Å²) in [6.45, 7) is 1.33.